The van der Waals surface area contributed by atoms with Crippen LogP contribution in [0.4, 0.5) is 0 Å². The van der Waals surface area contributed by atoms with Crippen LogP contribution in [0.1, 0.15) is 12.5 Å². The van der Waals surface area contributed by atoms with E-state index in [0.29, 0.717) is 12.3 Å². The van der Waals surface area contributed by atoms with Crippen LogP contribution in [0.25, 0.3) is 0 Å². The van der Waals surface area contributed by atoms with Gasteiger partial charge in [-0.05, 0) is 38.1 Å². The highest BCUT2D eigenvalue weighted by Crippen LogP contribution is 2.14. The Labute approximate surface area is 129 Å². The number of carbonyl (C=O) groups is 2. The molecular formula is C16H20N2O4. The summed E-state index contributed by atoms with van der Waals surface area (Å²) in [5.74, 6) is 3.66. The third-order valence-electron chi connectivity index (χ3n) is 3.11. The van der Waals surface area contributed by atoms with Crippen LogP contribution in [0.5, 0.6) is 5.75 Å². The predicted molar refractivity (Wildman–Crippen MR) is 82.3 cm³/mol. The second kappa shape index (κ2) is 8.70. The largest absolute Gasteiger partial charge is 0.484 e. The van der Waals surface area contributed by atoms with Crippen LogP contribution >= 0.6 is 0 Å². The lowest BCUT2D eigenvalue weighted by Gasteiger charge is -2.22. The first-order valence-electron chi connectivity index (χ1n) is 6.80. The fourth-order valence-corrected chi connectivity index (χ4v) is 1.77. The van der Waals surface area contributed by atoms with Crippen molar-refractivity contribution in [1.29, 1.82) is 0 Å². The van der Waals surface area contributed by atoms with Gasteiger partial charge in [0.1, 0.15) is 5.75 Å². The van der Waals surface area contributed by atoms with Crippen LogP contribution < -0.4 is 10.5 Å². The number of benzene rings is 1. The average molecular weight is 304 g/mol. The molecule has 0 spiro atoms. The lowest BCUT2D eigenvalue weighted by molar-refractivity contribution is -0.130. The van der Waals surface area contributed by atoms with Crippen molar-refractivity contribution >= 4 is 11.9 Å². The topological polar surface area (TPSA) is 92.9 Å². The van der Waals surface area contributed by atoms with Crippen LogP contribution in [0, 0.1) is 11.8 Å². The number of carbonyl (C=O) groups excluding carboxylic acids is 1. The van der Waals surface area contributed by atoms with Crippen molar-refractivity contribution in [3.8, 4) is 17.6 Å². The molecule has 6 nitrogen and oxygen atoms in total. The summed E-state index contributed by atoms with van der Waals surface area (Å²) in [4.78, 5) is 22.9. The van der Waals surface area contributed by atoms with Crippen molar-refractivity contribution in [2.24, 2.45) is 5.73 Å². The Bertz CT molecular complexity index is 572. The molecule has 1 aromatic rings. The number of carboxylic acid groups (broad SMARTS) is 1. The molecular weight excluding hydrogens is 284 g/mol. The molecule has 1 atom stereocenters. The molecule has 118 valence electrons. The molecule has 1 rings (SSSR count). The lowest BCUT2D eigenvalue weighted by Crippen LogP contribution is -2.31. The van der Waals surface area contributed by atoms with Gasteiger partial charge in [-0.25, -0.2) is 4.79 Å². The number of nitrogens with two attached hydrogens (primary N) is 1. The molecule has 0 unspecified atom stereocenters. The molecule has 3 N–H and O–H groups in total. The zero-order chi connectivity index (χ0) is 16.5. The fraction of sp³-hybridized carbons (Fsp3) is 0.375. The first kappa shape index (κ1) is 17.5. The highest BCUT2D eigenvalue weighted by Gasteiger charge is 2.09. The highest BCUT2D eigenvalue weighted by atomic mass is 16.5. The maximum atomic E-state index is 10.6. The van der Waals surface area contributed by atoms with Crippen LogP contribution in [0.15, 0.2) is 24.3 Å². The number of primary amides is 1. The second-order valence-electron chi connectivity index (χ2n) is 4.97. The number of ether oxygens (including phenoxy) is 1. The molecule has 22 heavy (non-hydrogen) atoms. The van der Waals surface area contributed by atoms with E-state index in [0.717, 1.165) is 12.0 Å². The van der Waals surface area contributed by atoms with Gasteiger partial charge in [0.2, 0.25) is 0 Å². The summed E-state index contributed by atoms with van der Waals surface area (Å²) in [6.45, 7) is 2.30. The maximum Gasteiger partial charge on any atom is 0.381 e. The zero-order valence-electron chi connectivity index (χ0n) is 12.7. The van der Waals surface area contributed by atoms with E-state index in [9.17, 15) is 9.59 Å². The van der Waals surface area contributed by atoms with Gasteiger partial charge in [0.15, 0.2) is 6.61 Å². The Hall–Kier alpha value is -2.52. The molecule has 6 heteroatoms. The van der Waals surface area contributed by atoms with Crippen molar-refractivity contribution in [2.45, 2.75) is 19.4 Å². The van der Waals surface area contributed by atoms with Gasteiger partial charge >= 0.3 is 5.97 Å². The molecule has 1 aromatic carbocycles. The first-order chi connectivity index (χ1) is 10.4. The van der Waals surface area contributed by atoms with E-state index in [4.69, 9.17) is 15.6 Å². The third kappa shape index (κ3) is 6.77. The standard InChI is InChI=1S/C16H20N2O4/c1-12(18(2)9-3-4-16(20)21)10-13-5-7-14(8-6-13)22-11-15(17)19/h5-8,12H,9-11H2,1-2H3,(H2,17,19)(H,20,21)/t12-/m1/s1. The van der Waals surface area contributed by atoms with E-state index in [-0.39, 0.29) is 12.6 Å². The van der Waals surface area contributed by atoms with Gasteiger partial charge < -0.3 is 15.6 Å². The summed E-state index contributed by atoms with van der Waals surface area (Å²) in [7, 11) is 1.89. The zero-order valence-corrected chi connectivity index (χ0v) is 12.7. The van der Waals surface area contributed by atoms with Gasteiger partial charge in [-0.2, -0.15) is 0 Å². The normalized spacial score (nSPS) is 11.4. The van der Waals surface area contributed by atoms with E-state index in [1.807, 2.05) is 31.0 Å². The highest BCUT2D eigenvalue weighted by molar-refractivity contribution is 5.86. The molecule has 0 radical (unpaired) electrons. The molecule has 0 aromatic heterocycles. The second-order valence-corrected chi connectivity index (χ2v) is 4.97. The van der Waals surface area contributed by atoms with Crippen molar-refractivity contribution in [1.82, 2.24) is 4.90 Å². The summed E-state index contributed by atoms with van der Waals surface area (Å²) in [6, 6.07) is 7.62. The lowest BCUT2D eigenvalue weighted by atomic mass is 10.1. The minimum atomic E-state index is -1.12. The van der Waals surface area contributed by atoms with E-state index >= 15 is 0 Å². The molecule has 0 saturated carbocycles. The summed E-state index contributed by atoms with van der Waals surface area (Å²) < 4.78 is 5.19. The molecule has 1 amide bonds. The number of hydrogen-bond acceptors (Lipinski definition) is 4. The van der Waals surface area contributed by atoms with Crippen LogP contribution in [0.2, 0.25) is 0 Å². The number of rotatable bonds is 7. The predicted octanol–water partition coefficient (Wildman–Crippen LogP) is 0.502. The number of hydrogen-bond donors (Lipinski definition) is 2. The summed E-state index contributed by atoms with van der Waals surface area (Å²) in [5, 5.41) is 8.47. The quantitative estimate of drug-likeness (QED) is 0.716. The van der Waals surface area contributed by atoms with Gasteiger partial charge in [-0.3, -0.25) is 9.69 Å². The number of likely N-dealkylation sites (N-methyl/N-ethyl adjacent to an activating group) is 1. The molecule has 0 saturated heterocycles. The van der Waals surface area contributed by atoms with Gasteiger partial charge in [-0.1, -0.05) is 18.1 Å². The summed E-state index contributed by atoms with van der Waals surface area (Å²) in [5.41, 5.74) is 6.12. The van der Waals surface area contributed by atoms with Crippen molar-refractivity contribution in [3.63, 3.8) is 0 Å². The average Bonchev–Trinajstić information content (AvgIpc) is 2.45. The molecule has 0 aliphatic heterocycles. The third-order valence-corrected chi connectivity index (χ3v) is 3.11. The number of nitrogens with zero attached hydrogens (tertiary/aromatic N) is 1. The van der Waals surface area contributed by atoms with Crippen LogP contribution in [0.3, 0.4) is 0 Å². The van der Waals surface area contributed by atoms with Gasteiger partial charge in [-0.15, -0.1) is 0 Å². The van der Waals surface area contributed by atoms with Gasteiger partial charge in [0.25, 0.3) is 5.91 Å². The molecule has 0 aliphatic carbocycles. The summed E-state index contributed by atoms with van der Waals surface area (Å²) in [6.07, 6.45) is 0.793. The van der Waals surface area contributed by atoms with E-state index in [2.05, 4.69) is 11.8 Å². The van der Waals surface area contributed by atoms with Gasteiger partial charge in [0, 0.05) is 12.0 Å². The van der Waals surface area contributed by atoms with Gasteiger partial charge in [0.05, 0.1) is 6.54 Å². The maximum absolute atomic E-state index is 10.6. The Morgan fingerprint density at radius 3 is 2.55 bits per heavy atom. The minimum absolute atomic E-state index is 0.138. The fourth-order valence-electron chi connectivity index (χ4n) is 1.77. The SMILES string of the molecule is C[C@H](Cc1ccc(OCC(N)=O)cc1)N(C)CC#CC(=O)O. The smallest absolute Gasteiger partial charge is 0.381 e. The summed E-state index contributed by atoms with van der Waals surface area (Å²) >= 11 is 0. The number of aliphatic carboxylic acids is 1. The van der Waals surface area contributed by atoms with Crippen LogP contribution in [-0.4, -0.2) is 48.1 Å². The van der Waals surface area contributed by atoms with Crippen LogP contribution in [-0.2, 0) is 16.0 Å². The molecule has 0 heterocycles. The van der Waals surface area contributed by atoms with Crippen molar-refractivity contribution in [2.75, 3.05) is 20.2 Å². The number of carboxylic acids is 1. The Morgan fingerprint density at radius 1 is 1.36 bits per heavy atom. The van der Waals surface area contributed by atoms with E-state index in [1.54, 1.807) is 12.1 Å². The first-order valence-corrected chi connectivity index (χ1v) is 6.80. The molecule has 0 fully saturated rings. The minimum Gasteiger partial charge on any atom is -0.484 e. The Morgan fingerprint density at radius 2 is 2.00 bits per heavy atom. The van der Waals surface area contributed by atoms with Crippen molar-refractivity contribution < 1.29 is 19.4 Å². The molecule has 0 bridgehead atoms. The number of amides is 1. The monoisotopic (exact) mass is 304 g/mol. The molecule has 0 aliphatic rings. The van der Waals surface area contributed by atoms with E-state index in [1.165, 1.54) is 0 Å². The van der Waals surface area contributed by atoms with Crippen molar-refractivity contribution in [3.05, 3.63) is 29.8 Å². The van der Waals surface area contributed by atoms with E-state index < -0.39 is 11.9 Å². The Balaban J connectivity index is 2.50. The Kier molecular flexibility index (Phi) is 6.93.